The second-order valence-electron chi connectivity index (χ2n) is 7.21. The van der Waals surface area contributed by atoms with Gasteiger partial charge in [0.2, 0.25) is 0 Å². The summed E-state index contributed by atoms with van der Waals surface area (Å²) in [6, 6.07) is 20.7. The Labute approximate surface area is 198 Å². The lowest BCUT2D eigenvalue weighted by atomic mass is 10.1. The lowest BCUT2D eigenvalue weighted by Gasteiger charge is -2.28. The number of carbonyl (C=O) groups is 1. The molecule has 0 saturated heterocycles. The Hall–Kier alpha value is -1.64. The summed E-state index contributed by atoms with van der Waals surface area (Å²) in [5.74, 6) is 0.699. The molecule has 0 bridgehead atoms. The molecule has 0 aliphatic rings. The van der Waals surface area contributed by atoms with E-state index in [-0.39, 0.29) is 11.2 Å². The zero-order chi connectivity index (χ0) is 23.1. The molecule has 5 nitrogen and oxygen atoms in total. The first kappa shape index (κ1) is 26.6. The fraction of sp³-hybridized carbons (Fsp3) is 0.480. The van der Waals surface area contributed by atoms with E-state index >= 15 is 0 Å². The van der Waals surface area contributed by atoms with Crippen LogP contribution in [0.25, 0.3) is 0 Å². The second-order valence-corrected chi connectivity index (χ2v) is 11.2. The summed E-state index contributed by atoms with van der Waals surface area (Å²) in [4.78, 5) is 12.6. The first-order valence-corrected chi connectivity index (χ1v) is 14.4. The van der Waals surface area contributed by atoms with Crippen LogP contribution in [0, 0.1) is 0 Å². The van der Waals surface area contributed by atoms with E-state index in [2.05, 4.69) is 12.1 Å². The molecule has 1 atom stereocenters. The van der Waals surface area contributed by atoms with Crippen LogP contribution in [0.1, 0.15) is 50.0 Å². The maximum Gasteiger partial charge on any atom is 0.500 e. The molecule has 2 aromatic carbocycles. The van der Waals surface area contributed by atoms with Gasteiger partial charge in [0.05, 0.1) is 6.42 Å². The van der Waals surface area contributed by atoms with Gasteiger partial charge < -0.3 is 18.0 Å². The Kier molecular flexibility index (Phi) is 12.7. The molecule has 0 radical (unpaired) electrons. The highest BCUT2D eigenvalue weighted by molar-refractivity contribution is 7.99. The third kappa shape index (κ3) is 9.46. The maximum absolute atomic E-state index is 12.6. The van der Waals surface area contributed by atoms with Crippen molar-refractivity contribution in [2.45, 2.75) is 51.5 Å². The van der Waals surface area contributed by atoms with Gasteiger partial charge in [0.15, 0.2) is 0 Å². The largest absolute Gasteiger partial charge is 0.500 e. The number of rotatable bonds is 16. The van der Waals surface area contributed by atoms with E-state index in [4.69, 9.17) is 18.0 Å². The minimum absolute atomic E-state index is 0.0434. The smallest absolute Gasteiger partial charge is 0.461 e. The summed E-state index contributed by atoms with van der Waals surface area (Å²) in [6.07, 6.45) is 1.24. The molecule has 0 aliphatic carbocycles. The van der Waals surface area contributed by atoms with Crippen LogP contribution in [0.5, 0.6) is 0 Å². The Balaban J connectivity index is 1.92. The summed E-state index contributed by atoms with van der Waals surface area (Å²) < 4.78 is 23.4. The molecule has 0 N–H and O–H groups in total. The van der Waals surface area contributed by atoms with Crippen molar-refractivity contribution in [3.8, 4) is 0 Å². The molecule has 0 spiro atoms. The lowest BCUT2D eigenvalue weighted by Crippen LogP contribution is -2.46. The highest BCUT2D eigenvalue weighted by atomic mass is 32.2. The van der Waals surface area contributed by atoms with Crippen molar-refractivity contribution in [1.82, 2.24) is 0 Å². The van der Waals surface area contributed by atoms with E-state index < -0.39 is 8.80 Å². The van der Waals surface area contributed by atoms with Gasteiger partial charge >= 0.3 is 14.8 Å². The molecule has 32 heavy (non-hydrogen) atoms. The molecular formula is C25H36O5SSi. The summed E-state index contributed by atoms with van der Waals surface area (Å²) in [5.41, 5.74) is 2.13. The topological polar surface area (TPSA) is 54.0 Å². The zero-order valence-corrected chi connectivity index (χ0v) is 21.3. The molecule has 1 unspecified atom stereocenters. The third-order valence-corrected chi connectivity index (χ3v) is 9.32. The Bertz CT molecular complexity index is 742. The van der Waals surface area contributed by atoms with Gasteiger partial charge in [0, 0.05) is 31.1 Å². The van der Waals surface area contributed by atoms with Crippen molar-refractivity contribution in [3.05, 3.63) is 71.8 Å². The van der Waals surface area contributed by atoms with Crippen molar-refractivity contribution in [2.24, 2.45) is 0 Å². The van der Waals surface area contributed by atoms with Crippen molar-refractivity contribution in [3.63, 3.8) is 0 Å². The molecule has 2 rings (SSSR count). The zero-order valence-electron chi connectivity index (χ0n) is 19.5. The molecule has 7 heteroatoms. The average Bonchev–Trinajstić information content (AvgIpc) is 2.81. The second kappa shape index (κ2) is 15.2. The van der Waals surface area contributed by atoms with Crippen LogP contribution in [0.2, 0.25) is 6.04 Å². The number of hydrogen-bond donors (Lipinski definition) is 0. The van der Waals surface area contributed by atoms with Crippen LogP contribution in [0.3, 0.4) is 0 Å². The first-order valence-electron chi connectivity index (χ1n) is 11.4. The quantitative estimate of drug-likeness (QED) is 0.167. The molecular weight excluding hydrogens is 440 g/mol. The van der Waals surface area contributed by atoms with Gasteiger partial charge in [0.1, 0.15) is 6.61 Å². The van der Waals surface area contributed by atoms with Crippen LogP contribution < -0.4 is 0 Å². The summed E-state index contributed by atoms with van der Waals surface area (Å²) in [7, 11) is -2.63. The molecule has 176 valence electrons. The summed E-state index contributed by atoms with van der Waals surface area (Å²) in [6.45, 7) is 7.97. The number of ether oxygens (including phenoxy) is 1. The van der Waals surface area contributed by atoms with Crippen molar-refractivity contribution in [2.75, 3.05) is 25.6 Å². The Morgan fingerprint density at radius 3 is 2.00 bits per heavy atom. The van der Waals surface area contributed by atoms with E-state index in [1.165, 1.54) is 0 Å². The number of carbonyl (C=O) groups excluding carboxylic acids is 1. The fourth-order valence-electron chi connectivity index (χ4n) is 3.40. The van der Waals surface area contributed by atoms with Gasteiger partial charge in [-0.15, -0.1) is 0 Å². The number of thioether (sulfide) groups is 1. The van der Waals surface area contributed by atoms with Gasteiger partial charge in [-0.25, -0.2) is 0 Å². The van der Waals surface area contributed by atoms with Crippen LogP contribution in [-0.2, 0) is 29.4 Å². The molecule has 0 heterocycles. The van der Waals surface area contributed by atoms with Crippen LogP contribution in [0.15, 0.2) is 60.7 Å². The van der Waals surface area contributed by atoms with Crippen molar-refractivity contribution < 1.29 is 22.8 Å². The van der Waals surface area contributed by atoms with Gasteiger partial charge in [-0.05, 0) is 44.1 Å². The predicted octanol–water partition coefficient (Wildman–Crippen LogP) is 6.03. The van der Waals surface area contributed by atoms with Gasteiger partial charge in [0.25, 0.3) is 0 Å². The number of hydrogen-bond acceptors (Lipinski definition) is 6. The normalized spacial score (nSPS) is 12.5. The van der Waals surface area contributed by atoms with E-state index in [0.717, 1.165) is 29.3 Å². The summed E-state index contributed by atoms with van der Waals surface area (Å²) in [5, 5.41) is 0.0434. The Morgan fingerprint density at radius 1 is 0.875 bits per heavy atom. The van der Waals surface area contributed by atoms with E-state index in [9.17, 15) is 4.79 Å². The molecule has 0 aromatic heterocycles. The highest BCUT2D eigenvalue weighted by Gasteiger charge is 2.39. The summed E-state index contributed by atoms with van der Waals surface area (Å²) >= 11 is 1.77. The molecule has 0 saturated carbocycles. The van der Waals surface area contributed by atoms with Gasteiger partial charge in [-0.1, -0.05) is 60.7 Å². The molecule has 0 aliphatic heterocycles. The molecule has 2 aromatic rings. The Morgan fingerprint density at radius 2 is 1.44 bits per heavy atom. The van der Waals surface area contributed by atoms with Gasteiger partial charge in [-0.3, -0.25) is 4.79 Å². The van der Waals surface area contributed by atoms with Gasteiger partial charge in [-0.2, -0.15) is 11.8 Å². The molecule has 0 fully saturated rings. The lowest BCUT2D eigenvalue weighted by molar-refractivity contribution is -0.144. The molecule has 0 amide bonds. The predicted molar refractivity (Wildman–Crippen MR) is 133 cm³/mol. The third-order valence-electron chi connectivity index (χ3n) is 4.81. The maximum atomic E-state index is 12.6. The monoisotopic (exact) mass is 476 g/mol. The average molecular weight is 477 g/mol. The number of benzene rings is 2. The minimum Gasteiger partial charge on any atom is -0.461 e. The van der Waals surface area contributed by atoms with Crippen LogP contribution >= 0.6 is 11.8 Å². The van der Waals surface area contributed by atoms with E-state index in [0.29, 0.717) is 32.8 Å². The van der Waals surface area contributed by atoms with E-state index in [1.807, 2.05) is 69.3 Å². The van der Waals surface area contributed by atoms with Crippen molar-refractivity contribution in [1.29, 1.82) is 0 Å². The van der Waals surface area contributed by atoms with E-state index in [1.54, 1.807) is 11.8 Å². The van der Waals surface area contributed by atoms with Crippen LogP contribution in [0.4, 0.5) is 0 Å². The standard InChI is InChI=1S/C25H36O5SSi/c1-4-28-32(29-5-2,30-6-3)19-13-18-31-24(23-16-11-8-12-17-23)20-25(26)27-21-22-14-9-7-10-15-22/h7-12,14-17,24H,4-6,13,18-21H2,1-3H3. The fourth-order valence-corrected chi connectivity index (χ4v) is 7.47. The minimum atomic E-state index is -2.63. The first-order chi connectivity index (χ1) is 15.6. The van der Waals surface area contributed by atoms with Crippen molar-refractivity contribution >= 4 is 26.5 Å². The number of esters is 1. The van der Waals surface area contributed by atoms with Crippen LogP contribution in [-0.4, -0.2) is 40.3 Å². The highest BCUT2D eigenvalue weighted by Crippen LogP contribution is 2.34. The SMILES string of the molecule is CCO[Si](CCCSC(CC(=O)OCc1ccccc1)c1ccccc1)(OCC)OCC.